The maximum atomic E-state index is 13.5. The van der Waals surface area contributed by atoms with E-state index in [1.54, 1.807) is 12.1 Å². The van der Waals surface area contributed by atoms with Gasteiger partial charge in [-0.1, -0.05) is 60.7 Å². The Morgan fingerprint density at radius 3 is 2.12 bits per heavy atom. The molecule has 0 radical (unpaired) electrons. The number of carbonyl (C=O) groups excluding carboxylic acids is 2. The Morgan fingerprint density at radius 2 is 1.49 bits per heavy atom. The van der Waals surface area contributed by atoms with Crippen LogP contribution in [0.3, 0.4) is 0 Å². The van der Waals surface area contributed by atoms with E-state index in [1.807, 2.05) is 79.7 Å². The van der Waals surface area contributed by atoms with Crippen molar-refractivity contribution in [3.05, 3.63) is 135 Å². The summed E-state index contributed by atoms with van der Waals surface area (Å²) in [5, 5.41) is 16.6. The summed E-state index contributed by atoms with van der Waals surface area (Å²) in [6, 6.07) is 32.0. The number of benzene rings is 4. The van der Waals surface area contributed by atoms with E-state index in [9.17, 15) is 19.7 Å². The molecule has 1 aromatic heterocycles. The van der Waals surface area contributed by atoms with Gasteiger partial charge in [-0.2, -0.15) is 0 Å². The van der Waals surface area contributed by atoms with E-state index in [0.717, 1.165) is 26.6 Å². The minimum absolute atomic E-state index is 0.0819. The monoisotopic (exact) mass is 580 g/mol. The highest BCUT2D eigenvalue weighted by Crippen LogP contribution is 2.38. The third-order valence-corrected chi connectivity index (χ3v) is 8.27. The number of hydrogen-bond acceptors (Lipinski definition) is 7. The van der Waals surface area contributed by atoms with Crippen molar-refractivity contribution >= 4 is 51.4 Å². The lowest BCUT2D eigenvalue weighted by atomic mass is 10.1. The molecule has 0 fully saturated rings. The van der Waals surface area contributed by atoms with Crippen LogP contribution < -0.4 is 10.6 Å². The fraction of sp³-hybridized carbons (Fsp3) is 0.0645. The number of aromatic nitrogens is 1. The average molecular weight is 581 g/mol. The first-order valence-corrected chi connectivity index (χ1v) is 14.3. The van der Waals surface area contributed by atoms with Crippen LogP contribution in [0, 0.1) is 17.0 Å². The van der Waals surface area contributed by atoms with Gasteiger partial charge in [0.15, 0.2) is 5.13 Å². The van der Waals surface area contributed by atoms with E-state index in [1.165, 1.54) is 47.4 Å². The Bertz CT molecular complexity index is 1670. The highest BCUT2D eigenvalue weighted by atomic mass is 32.2. The van der Waals surface area contributed by atoms with Crippen LogP contribution in [-0.2, 0) is 4.79 Å². The normalized spacial score (nSPS) is 11.4. The topological polar surface area (TPSA) is 114 Å². The predicted molar refractivity (Wildman–Crippen MR) is 163 cm³/mol. The zero-order valence-electron chi connectivity index (χ0n) is 21.8. The van der Waals surface area contributed by atoms with Crippen molar-refractivity contribution in [3.8, 4) is 11.3 Å². The fourth-order valence-electron chi connectivity index (χ4n) is 4.08. The molecule has 1 heterocycles. The molecule has 0 saturated heterocycles. The van der Waals surface area contributed by atoms with E-state index < -0.39 is 10.2 Å². The number of anilines is 2. The molecule has 0 spiro atoms. The lowest BCUT2D eigenvalue weighted by Crippen LogP contribution is -2.19. The van der Waals surface area contributed by atoms with E-state index in [0.29, 0.717) is 16.4 Å². The summed E-state index contributed by atoms with van der Waals surface area (Å²) in [6.07, 6.45) is 0. The highest BCUT2D eigenvalue weighted by Gasteiger charge is 2.24. The number of hydrogen-bond donors (Lipinski definition) is 2. The number of nitrogens with one attached hydrogen (secondary N) is 2. The van der Waals surface area contributed by atoms with Crippen LogP contribution >= 0.6 is 23.1 Å². The largest absolute Gasteiger partial charge is 0.322 e. The molecule has 10 heteroatoms. The van der Waals surface area contributed by atoms with Crippen LogP contribution in [0.15, 0.2) is 114 Å². The van der Waals surface area contributed by atoms with Crippen LogP contribution in [0.1, 0.15) is 26.0 Å². The summed E-state index contributed by atoms with van der Waals surface area (Å²) in [6.45, 7) is 1.99. The summed E-state index contributed by atoms with van der Waals surface area (Å²) in [4.78, 5) is 43.0. The van der Waals surface area contributed by atoms with Crippen molar-refractivity contribution < 1.29 is 14.5 Å². The summed E-state index contributed by atoms with van der Waals surface area (Å²) in [5.41, 5.74) is 3.48. The van der Waals surface area contributed by atoms with Gasteiger partial charge in [0.05, 0.1) is 10.6 Å². The molecule has 4 aromatic carbocycles. The number of thiazole rings is 1. The van der Waals surface area contributed by atoms with Crippen molar-refractivity contribution in [1.82, 2.24) is 4.98 Å². The molecule has 5 rings (SSSR count). The number of nitro benzene ring substituents is 1. The van der Waals surface area contributed by atoms with Gasteiger partial charge < -0.3 is 10.6 Å². The van der Waals surface area contributed by atoms with Gasteiger partial charge >= 0.3 is 0 Å². The summed E-state index contributed by atoms with van der Waals surface area (Å²) >= 11 is 2.83. The predicted octanol–water partition coefficient (Wildman–Crippen LogP) is 7.75. The summed E-state index contributed by atoms with van der Waals surface area (Å²) in [5.74, 6) is -0.569. The molecule has 0 bridgehead atoms. The molecule has 0 aliphatic heterocycles. The quantitative estimate of drug-likeness (QED) is 0.105. The van der Waals surface area contributed by atoms with Gasteiger partial charge in [-0.3, -0.25) is 19.7 Å². The minimum atomic E-state index is -0.541. The summed E-state index contributed by atoms with van der Waals surface area (Å²) < 4.78 is 0. The SMILES string of the molecule is Cc1sc(NC(=O)C(Sc2ccc(NC(=O)c3ccc([N+](=O)[O-])cc3)cc2)c2ccccc2)nc1-c1ccccc1. The molecule has 2 N–H and O–H groups in total. The smallest absolute Gasteiger partial charge is 0.269 e. The number of thioether (sulfide) groups is 1. The van der Waals surface area contributed by atoms with Crippen LogP contribution in [0.4, 0.5) is 16.5 Å². The van der Waals surface area contributed by atoms with Crippen LogP contribution in [0.2, 0.25) is 0 Å². The summed E-state index contributed by atoms with van der Waals surface area (Å²) in [7, 11) is 0. The number of carbonyl (C=O) groups is 2. The van der Waals surface area contributed by atoms with E-state index >= 15 is 0 Å². The van der Waals surface area contributed by atoms with E-state index in [2.05, 4.69) is 15.6 Å². The number of rotatable bonds is 9. The second-order valence-corrected chi connectivity index (χ2v) is 11.4. The fourth-order valence-corrected chi connectivity index (χ4v) is 5.94. The molecule has 1 unspecified atom stereocenters. The zero-order valence-corrected chi connectivity index (χ0v) is 23.4. The van der Waals surface area contributed by atoms with Gasteiger partial charge in [0, 0.05) is 38.7 Å². The molecule has 0 saturated carbocycles. The number of non-ortho nitro benzene ring substituents is 1. The first kappa shape index (κ1) is 27.8. The lowest BCUT2D eigenvalue weighted by molar-refractivity contribution is -0.384. The van der Waals surface area contributed by atoms with Crippen LogP contribution in [0.25, 0.3) is 11.3 Å². The number of aryl methyl sites for hydroxylation is 1. The molecule has 1 atom stereocenters. The minimum Gasteiger partial charge on any atom is -0.322 e. The molecular formula is C31H24N4O4S2. The van der Waals surface area contributed by atoms with Gasteiger partial charge in [0.25, 0.3) is 11.6 Å². The third kappa shape index (κ3) is 6.86. The number of nitrogens with zero attached hydrogens (tertiary/aromatic N) is 2. The maximum Gasteiger partial charge on any atom is 0.269 e. The van der Waals surface area contributed by atoms with Gasteiger partial charge in [0.1, 0.15) is 5.25 Å². The Kier molecular flexibility index (Phi) is 8.52. The second-order valence-electron chi connectivity index (χ2n) is 8.97. The number of nitro groups is 1. The average Bonchev–Trinajstić information content (AvgIpc) is 3.37. The standard InChI is InChI=1S/C31H24N4O4S2/c1-20-27(21-8-4-2-5-9-21)33-31(40-20)34-30(37)28(22-10-6-3-7-11-22)41-26-18-14-24(15-19-26)32-29(36)23-12-16-25(17-13-23)35(38)39/h2-19,28H,1H3,(H,32,36)(H,33,34,37). The van der Waals surface area contributed by atoms with Crippen molar-refractivity contribution in [2.24, 2.45) is 0 Å². The van der Waals surface area contributed by atoms with Gasteiger partial charge in [-0.25, -0.2) is 4.98 Å². The van der Waals surface area contributed by atoms with Crippen molar-refractivity contribution in [1.29, 1.82) is 0 Å². The van der Waals surface area contributed by atoms with Crippen molar-refractivity contribution in [3.63, 3.8) is 0 Å². The molecule has 0 aliphatic carbocycles. The highest BCUT2D eigenvalue weighted by molar-refractivity contribution is 8.00. The molecule has 2 amide bonds. The Morgan fingerprint density at radius 1 is 0.854 bits per heavy atom. The first-order chi connectivity index (χ1) is 19.9. The molecular weight excluding hydrogens is 556 g/mol. The zero-order chi connectivity index (χ0) is 28.8. The van der Waals surface area contributed by atoms with Gasteiger partial charge in [-0.05, 0) is 48.9 Å². The third-order valence-electron chi connectivity index (χ3n) is 6.12. The van der Waals surface area contributed by atoms with E-state index in [4.69, 9.17) is 0 Å². The Hall–Kier alpha value is -4.80. The van der Waals surface area contributed by atoms with Crippen molar-refractivity contribution in [2.45, 2.75) is 17.1 Å². The van der Waals surface area contributed by atoms with Gasteiger partial charge in [-0.15, -0.1) is 23.1 Å². The van der Waals surface area contributed by atoms with Crippen LogP contribution in [-0.4, -0.2) is 21.7 Å². The lowest BCUT2D eigenvalue weighted by Gasteiger charge is -2.16. The molecule has 204 valence electrons. The molecule has 41 heavy (non-hydrogen) atoms. The molecule has 8 nitrogen and oxygen atoms in total. The maximum absolute atomic E-state index is 13.5. The van der Waals surface area contributed by atoms with Gasteiger partial charge in [0.2, 0.25) is 5.91 Å². The van der Waals surface area contributed by atoms with Crippen molar-refractivity contribution in [2.75, 3.05) is 10.6 Å². The first-order valence-electron chi connectivity index (χ1n) is 12.6. The van der Waals surface area contributed by atoms with E-state index in [-0.39, 0.29) is 17.5 Å². The molecule has 5 aromatic rings. The molecule has 0 aliphatic rings. The Labute approximate surface area is 244 Å². The van der Waals surface area contributed by atoms with Crippen LogP contribution in [0.5, 0.6) is 0 Å². The Balaban J connectivity index is 1.29. The number of amides is 2. The second kappa shape index (κ2) is 12.6.